The van der Waals surface area contributed by atoms with Crippen LogP contribution in [0.1, 0.15) is 13.8 Å². The highest BCUT2D eigenvalue weighted by atomic mass is 16.1. The van der Waals surface area contributed by atoms with Crippen LogP contribution >= 0.6 is 0 Å². The van der Waals surface area contributed by atoms with Gasteiger partial charge in [0, 0.05) is 23.3 Å². The first-order valence-corrected chi connectivity index (χ1v) is 6.19. The summed E-state index contributed by atoms with van der Waals surface area (Å²) in [6.45, 7) is 4.20. The Morgan fingerprint density at radius 3 is 2.74 bits per heavy atom. The van der Waals surface area contributed by atoms with E-state index in [1.807, 2.05) is 36.9 Å². The van der Waals surface area contributed by atoms with Crippen LogP contribution in [0, 0.1) is 0 Å². The molecule has 1 aromatic heterocycles. The van der Waals surface area contributed by atoms with Crippen LogP contribution in [0.2, 0.25) is 0 Å². The number of anilines is 2. The molecule has 2 aromatic rings. The molecule has 0 bridgehead atoms. The maximum atomic E-state index is 11.2. The normalized spacial score (nSPS) is 10.9. The van der Waals surface area contributed by atoms with Gasteiger partial charge in [0.15, 0.2) is 0 Å². The number of pyridine rings is 1. The predicted molar refractivity (Wildman–Crippen MR) is 77.8 cm³/mol. The highest BCUT2D eigenvalue weighted by Crippen LogP contribution is 2.30. The Bertz CT molecular complexity index is 609. The molecule has 1 amide bonds. The van der Waals surface area contributed by atoms with Gasteiger partial charge in [-0.3, -0.25) is 9.78 Å². The summed E-state index contributed by atoms with van der Waals surface area (Å²) in [5.41, 5.74) is 13.5. The number of nitrogens with zero attached hydrogens (tertiary/aromatic N) is 2. The zero-order valence-electron chi connectivity index (χ0n) is 11.1. The molecule has 5 nitrogen and oxygen atoms in total. The van der Waals surface area contributed by atoms with Crippen molar-refractivity contribution in [2.75, 3.05) is 17.2 Å². The average Bonchev–Trinajstić information content (AvgIpc) is 2.37. The maximum Gasteiger partial charge on any atom is 0.236 e. The lowest BCUT2D eigenvalue weighted by Crippen LogP contribution is -2.38. The molecule has 19 heavy (non-hydrogen) atoms. The third kappa shape index (κ3) is 2.59. The van der Waals surface area contributed by atoms with Crippen molar-refractivity contribution < 1.29 is 4.79 Å². The summed E-state index contributed by atoms with van der Waals surface area (Å²) < 4.78 is 0. The molecule has 4 N–H and O–H groups in total. The second-order valence-electron chi connectivity index (χ2n) is 4.76. The first-order chi connectivity index (χ1) is 9.00. The molecule has 1 heterocycles. The van der Waals surface area contributed by atoms with Gasteiger partial charge in [0.1, 0.15) is 0 Å². The van der Waals surface area contributed by atoms with Crippen LogP contribution in [0.3, 0.4) is 0 Å². The summed E-state index contributed by atoms with van der Waals surface area (Å²) in [5, 5.41) is 0.928. The van der Waals surface area contributed by atoms with Gasteiger partial charge >= 0.3 is 0 Å². The molecule has 0 radical (unpaired) electrons. The first kappa shape index (κ1) is 13.1. The molecule has 0 spiro atoms. The van der Waals surface area contributed by atoms with Gasteiger partial charge in [0.05, 0.1) is 17.7 Å². The second-order valence-corrected chi connectivity index (χ2v) is 4.76. The van der Waals surface area contributed by atoms with Crippen molar-refractivity contribution >= 4 is 28.2 Å². The lowest BCUT2D eigenvalue weighted by molar-refractivity contribution is -0.116. The fourth-order valence-corrected chi connectivity index (χ4v) is 2.14. The molecule has 0 fully saturated rings. The van der Waals surface area contributed by atoms with Crippen molar-refractivity contribution in [3.63, 3.8) is 0 Å². The minimum absolute atomic E-state index is 0.152. The predicted octanol–water partition coefficient (Wildman–Crippen LogP) is 1.52. The number of amides is 1. The van der Waals surface area contributed by atoms with Gasteiger partial charge in [-0.25, -0.2) is 0 Å². The lowest BCUT2D eigenvalue weighted by atomic mass is 10.1. The summed E-state index contributed by atoms with van der Waals surface area (Å²) in [6, 6.07) is 7.67. The van der Waals surface area contributed by atoms with E-state index in [1.165, 1.54) is 0 Å². The molecular formula is C14H18N4O. The van der Waals surface area contributed by atoms with E-state index in [4.69, 9.17) is 11.5 Å². The van der Waals surface area contributed by atoms with Crippen LogP contribution in [0.4, 0.5) is 11.4 Å². The minimum Gasteiger partial charge on any atom is -0.397 e. The fraction of sp³-hybridized carbons (Fsp3) is 0.286. The van der Waals surface area contributed by atoms with Crippen LogP contribution in [0.15, 0.2) is 30.5 Å². The van der Waals surface area contributed by atoms with Gasteiger partial charge in [-0.2, -0.15) is 0 Å². The molecule has 0 atom stereocenters. The Morgan fingerprint density at radius 1 is 1.37 bits per heavy atom. The molecule has 1 aromatic carbocycles. The highest BCUT2D eigenvalue weighted by Gasteiger charge is 2.16. The second kappa shape index (κ2) is 5.14. The number of primary amides is 1. The van der Waals surface area contributed by atoms with E-state index in [9.17, 15) is 4.79 Å². The largest absolute Gasteiger partial charge is 0.397 e. The van der Waals surface area contributed by atoms with E-state index < -0.39 is 0 Å². The number of rotatable bonds is 4. The summed E-state index contributed by atoms with van der Waals surface area (Å²) in [4.78, 5) is 17.5. The number of carbonyl (C=O) groups is 1. The van der Waals surface area contributed by atoms with Crippen LogP contribution in [0.25, 0.3) is 10.9 Å². The van der Waals surface area contributed by atoms with Crippen molar-refractivity contribution in [2.45, 2.75) is 19.9 Å². The zero-order valence-corrected chi connectivity index (χ0v) is 11.1. The van der Waals surface area contributed by atoms with E-state index in [2.05, 4.69) is 4.98 Å². The Hall–Kier alpha value is -2.30. The van der Waals surface area contributed by atoms with Gasteiger partial charge in [0.25, 0.3) is 0 Å². The van der Waals surface area contributed by atoms with E-state index >= 15 is 0 Å². The number of nitrogen functional groups attached to an aromatic ring is 1. The third-order valence-electron chi connectivity index (χ3n) is 3.04. The summed E-state index contributed by atoms with van der Waals surface area (Å²) in [7, 11) is 0. The van der Waals surface area contributed by atoms with Crippen LogP contribution < -0.4 is 16.4 Å². The molecule has 0 unspecified atom stereocenters. The van der Waals surface area contributed by atoms with E-state index in [0.717, 1.165) is 16.6 Å². The topological polar surface area (TPSA) is 85.2 Å². The quantitative estimate of drug-likeness (QED) is 0.814. The Kier molecular flexibility index (Phi) is 3.55. The molecule has 2 rings (SSSR count). The fourth-order valence-electron chi connectivity index (χ4n) is 2.14. The van der Waals surface area contributed by atoms with Crippen molar-refractivity contribution in [1.82, 2.24) is 4.98 Å². The van der Waals surface area contributed by atoms with Crippen LogP contribution in [-0.4, -0.2) is 23.5 Å². The minimum atomic E-state index is -0.359. The van der Waals surface area contributed by atoms with Crippen molar-refractivity contribution in [3.8, 4) is 0 Å². The van der Waals surface area contributed by atoms with Gasteiger partial charge in [0.2, 0.25) is 5.91 Å². The number of carbonyl (C=O) groups excluding carboxylic acids is 1. The molecule has 100 valence electrons. The molecule has 0 aliphatic carbocycles. The summed E-state index contributed by atoms with van der Waals surface area (Å²) in [6.07, 6.45) is 1.70. The van der Waals surface area contributed by atoms with E-state index in [0.29, 0.717) is 5.69 Å². The van der Waals surface area contributed by atoms with E-state index in [1.54, 1.807) is 12.3 Å². The Labute approximate surface area is 112 Å². The number of benzene rings is 1. The van der Waals surface area contributed by atoms with Crippen molar-refractivity contribution in [1.29, 1.82) is 0 Å². The Balaban J connectivity index is 2.60. The monoisotopic (exact) mass is 258 g/mol. The molecule has 0 aliphatic heterocycles. The van der Waals surface area contributed by atoms with Crippen molar-refractivity contribution in [2.24, 2.45) is 5.73 Å². The maximum absolute atomic E-state index is 11.2. The van der Waals surface area contributed by atoms with Gasteiger partial charge in [-0.1, -0.05) is 0 Å². The average molecular weight is 258 g/mol. The first-order valence-electron chi connectivity index (χ1n) is 6.19. The standard InChI is InChI=1S/C14H18N4O/c1-9(2)18(8-13(16)19)12-6-5-11(15)14-10(12)4-3-7-17-14/h3-7,9H,8,15H2,1-2H3,(H2,16,19). The van der Waals surface area contributed by atoms with Gasteiger partial charge in [-0.05, 0) is 38.1 Å². The number of nitrogens with two attached hydrogens (primary N) is 2. The summed E-state index contributed by atoms with van der Waals surface area (Å²) >= 11 is 0. The van der Waals surface area contributed by atoms with Gasteiger partial charge in [-0.15, -0.1) is 0 Å². The smallest absolute Gasteiger partial charge is 0.236 e. The van der Waals surface area contributed by atoms with Gasteiger partial charge < -0.3 is 16.4 Å². The highest BCUT2D eigenvalue weighted by molar-refractivity contribution is 5.99. The van der Waals surface area contributed by atoms with E-state index in [-0.39, 0.29) is 18.5 Å². The molecular weight excluding hydrogens is 240 g/mol. The molecule has 0 aliphatic rings. The Morgan fingerprint density at radius 2 is 2.11 bits per heavy atom. The number of hydrogen-bond donors (Lipinski definition) is 2. The molecule has 0 saturated carbocycles. The van der Waals surface area contributed by atoms with Crippen molar-refractivity contribution in [3.05, 3.63) is 30.5 Å². The third-order valence-corrected chi connectivity index (χ3v) is 3.04. The number of aromatic nitrogens is 1. The lowest BCUT2D eigenvalue weighted by Gasteiger charge is -2.29. The molecule has 5 heteroatoms. The summed E-state index contributed by atoms with van der Waals surface area (Å²) in [5.74, 6) is -0.359. The number of hydrogen-bond acceptors (Lipinski definition) is 4. The van der Waals surface area contributed by atoms with Crippen LogP contribution in [-0.2, 0) is 4.79 Å². The number of fused-ring (bicyclic) bond motifs is 1. The van der Waals surface area contributed by atoms with Crippen LogP contribution in [0.5, 0.6) is 0 Å². The zero-order chi connectivity index (χ0) is 14.0. The molecule has 0 saturated heterocycles. The SMILES string of the molecule is CC(C)N(CC(N)=O)c1ccc(N)c2ncccc12.